The molecule has 0 unspecified atom stereocenters. The number of hydrogen-bond donors (Lipinski definition) is 0. The van der Waals surface area contributed by atoms with Crippen molar-refractivity contribution in [3.8, 4) is 11.1 Å². The molecule has 0 radical (unpaired) electrons. The summed E-state index contributed by atoms with van der Waals surface area (Å²) in [5, 5.41) is 3.98. The average Bonchev–Trinajstić information content (AvgIpc) is 2.90. The Labute approximate surface area is 190 Å². The standard InChI is InChI=1S/C30H24NP/c1-5-13-25(14-6-1)26-21-22-27(31-23-26)24-32(28-15-7-2-8-16-28,29-17-9-3-10-18-29)30-19-11-4-12-20-30/h1-24H. The second-order valence-corrected chi connectivity index (χ2v) is 10.9. The Hall–Kier alpha value is -3.67. The maximum Gasteiger partial charge on any atom is 0.0640 e. The second kappa shape index (κ2) is 9.22. The lowest BCUT2D eigenvalue weighted by Crippen LogP contribution is -2.27. The second-order valence-electron chi connectivity index (χ2n) is 7.70. The molecule has 0 aliphatic heterocycles. The summed E-state index contributed by atoms with van der Waals surface area (Å²) in [6.45, 7) is -2.05. The summed E-state index contributed by atoms with van der Waals surface area (Å²) in [5.41, 5.74) is 3.31. The molecular weight excluding hydrogens is 405 g/mol. The topological polar surface area (TPSA) is 12.9 Å². The summed E-state index contributed by atoms with van der Waals surface area (Å²) in [6.07, 6.45) is 1.98. The van der Waals surface area contributed by atoms with Crippen LogP contribution in [0, 0.1) is 0 Å². The Morgan fingerprint density at radius 3 is 1.28 bits per heavy atom. The zero-order valence-electron chi connectivity index (χ0n) is 17.8. The third kappa shape index (κ3) is 3.96. The smallest absolute Gasteiger partial charge is 0.0640 e. The summed E-state index contributed by atoms with van der Waals surface area (Å²) < 4.78 is 0. The van der Waals surface area contributed by atoms with E-state index in [0.717, 1.165) is 11.3 Å². The SMILES string of the molecule is C(c1ccc(-c2ccccc2)cn1)=P(c1ccccc1)(c1ccccc1)c1ccccc1. The molecule has 0 spiro atoms. The quantitative estimate of drug-likeness (QED) is 0.317. The van der Waals surface area contributed by atoms with Crippen LogP contribution in [0.5, 0.6) is 0 Å². The fourth-order valence-electron chi connectivity index (χ4n) is 4.14. The van der Waals surface area contributed by atoms with Gasteiger partial charge < -0.3 is 0 Å². The normalized spacial score (nSPS) is 11.1. The molecule has 0 saturated heterocycles. The molecule has 0 bridgehead atoms. The van der Waals surface area contributed by atoms with Crippen LogP contribution in [0.4, 0.5) is 0 Å². The third-order valence-electron chi connectivity index (χ3n) is 5.71. The molecule has 1 heterocycles. The van der Waals surface area contributed by atoms with E-state index in [0.29, 0.717) is 0 Å². The molecule has 0 amide bonds. The molecule has 0 aliphatic carbocycles. The van der Waals surface area contributed by atoms with Crippen LogP contribution in [-0.2, 0) is 0 Å². The summed E-state index contributed by atoms with van der Waals surface area (Å²) >= 11 is 0. The highest BCUT2D eigenvalue weighted by Gasteiger charge is 2.25. The fourth-order valence-corrected chi connectivity index (χ4v) is 7.96. The minimum atomic E-state index is -2.05. The van der Waals surface area contributed by atoms with Crippen molar-refractivity contribution in [3.63, 3.8) is 0 Å². The first kappa shape index (κ1) is 20.2. The van der Waals surface area contributed by atoms with Crippen LogP contribution in [0.3, 0.4) is 0 Å². The minimum Gasteiger partial charge on any atom is -0.256 e. The Morgan fingerprint density at radius 1 is 0.438 bits per heavy atom. The van der Waals surface area contributed by atoms with Crippen molar-refractivity contribution >= 4 is 28.6 Å². The lowest BCUT2D eigenvalue weighted by atomic mass is 10.1. The lowest BCUT2D eigenvalue weighted by molar-refractivity contribution is 1.31. The predicted molar refractivity (Wildman–Crippen MR) is 140 cm³/mol. The Bertz CT molecular complexity index is 1220. The van der Waals surface area contributed by atoms with Crippen LogP contribution in [0.1, 0.15) is 5.69 Å². The molecular formula is C30H24NP. The van der Waals surface area contributed by atoms with Gasteiger partial charge in [-0.15, -0.1) is 0 Å². The molecule has 0 saturated carbocycles. The van der Waals surface area contributed by atoms with Gasteiger partial charge in [-0.2, -0.15) is 0 Å². The summed E-state index contributed by atoms with van der Waals surface area (Å²) in [6, 6.07) is 47.3. The van der Waals surface area contributed by atoms with Gasteiger partial charge in [-0.3, -0.25) is 4.98 Å². The van der Waals surface area contributed by atoms with Crippen LogP contribution in [0.15, 0.2) is 140 Å². The maximum absolute atomic E-state index is 4.89. The van der Waals surface area contributed by atoms with Gasteiger partial charge >= 0.3 is 0 Å². The molecule has 4 aromatic carbocycles. The molecule has 5 rings (SSSR count). The Kier molecular flexibility index (Phi) is 5.83. The van der Waals surface area contributed by atoms with Gasteiger partial charge in [0.25, 0.3) is 0 Å². The molecule has 0 fully saturated rings. The Morgan fingerprint density at radius 2 is 0.875 bits per heavy atom. The van der Waals surface area contributed by atoms with E-state index in [9.17, 15) is 0 Å². The van der Waals surface area contributed by atoms with E-state index in [1.165, 1.54) is 21.5 Å². The number of nitrogens with zero attached hydrogens (tertiary/aromatic N) is 1. The third-order valence-corrected chi connectivity index (χ3v) is 9.70. The van der Waals surface area contributed by atoms with Crippen molar-refractivity contribution in [2.24, 2.45) is 0 Å². The van der Waals surface area contributed by atoms with Gasteiger partial charge in [-0.25, -0.2) is 0 Å². The van der Waals surface area contributed by atoms with E-state index < -0.39 is 6.89 Å². The first-order chi connectivity index (χ1) is 15.9. The highest BCUT2D eigenvalue weighted by Crippen LogP contribution is 2.44. The van der Waals surface area contributed by atoms with E-state index in [4.69, 9.17) is 4.98 Å². The van der Waals surface area contributed by atoms with Gasteiger partial charge in [-0.1, -0.05) is 127 Å². The van der Waals surface area contributed by atoms with E-state index in [2.05, 4.69) is 133 Å². The molecule has 2 heteroatoms. The largest absolute Gasteiger partial charge is 0.256 e. The number of pyridine rings is 1. The zero-order valence-corrected chi connectivity index (χ0v) is 18.6. The van der Waals surface area contributed by atoms with Crippen molar-refractivity contribution in [1.82, 2.24) is 4.98 Å². The number of rotatable bonds is 5. The van der Waals surface area contributed by atoms with Crippen molar-refractivity contribution < 1.29 is 0 Å². The summed E-state index contributed by atoms with van der Waals surface area (Å²) in [5.74, 6) is 2.40. The summed E-state index contributed by atoms with van der Waals surface area (Å²) in [7, 11) is 0. The van der Waals surface area contributed by atoms with E-state index in [1.807, 2.05) is 12.3 Å². The minimum absolute atomic E-state index is 0.995. The van der Waals surface area contributed by atoms with Crippen LogP contribution in [-0.4, -0.2) is 10.8 Å². The highest BCUT2D eigenvalue weighted by atomic mass is 31.2. The van der Waals surface area contributed by atoms with Gasteiger partial charge in [0.2, 0.25) is 0 Å². The lowest BCUT2D eigenvalue weighted by Gasteiger charge is -2.28. The van der Waals surface area contributed by atoms with Crippen molar-refractivity contribution in [3.05, 3.63) is 145 Å². The molecule has 0 N–H and O–H groups in total. The van der Waals surface area contributed by atoms with Gasteiger partial charge in [0.1, 0.15) is 0 Å². The van der Waals surface area contributed by atoms with Gasteiger partial charge in [0, 0.05) is 11.8 Å². The molecule has 154 valence electrons. The summed E-state index contributed by atoms with van der Waals surface area (Å²) in [4.78, 5) is 4.89. The zero-order chi connectivity index (χ0) is 21.6. The fraction of sp³-hybridized carbons (Fsp3) is 0. The van der Waals surface area contributed by atoms with E-state index in [-0.39, 0.29) is 0 Å². The first-order valence-corrected chi connectivity index (χ1v) is 12.6. The average molecular weight is 430 g/mol. The molecule has 32 heavy (non-hydrogen) atoms. The van der Waals surface area contributed by atoms with Gasteiger partial charge in [0.15, 0.2) is 0 Å². The number of aromatic nitrogens is 1. The van der Waals surface area contributed by atoms with E-state index >= 15 is 0 Å². The first-order valence-electron chi connectivity index (χ1n) is 10.8. The monoisotopic (exact) mass is 429 g/mol. The van der Waals surface area contributed by atoms with Crippen molar-refractivity contribution in [2.45, 2.75) is 0 Å². The van der Waals surface area contributed by atoms with Crippen LogP contribution >= 0.6 is 6.89 Å². The molecule has 1 nitrogen and oxygen atoms in total. The number of hydrogen-bond acceptors (Lipinski definition) is 1. The van der Waals surface area contributed by atoms with Crippen LogP contribution in [0.25, 0.3) is 11.1 Å². The van der Waals surface area contributed by atoms with Gasteiger partial charge in [-0.05, 0) is 40.2 Å². The van der Waals surface area contributed by atoms with Crippen LogP contribution < -0.4 is 15.9 Å². The molecule has 0 atom stereocenters. The molecule has 0 aliphatic rings. The number of benzene rings is 4. The van der Waals surface area contributed by atoms with Crippen molar-refractivity contribution in [2.75, 3.05) is 0 Å². The van der Waals surface area contributed by atoms with Gasteiger partial charge in [0.05, 0.1) is 5.69 Å². The van der Waals surface area contributed by atoms with E-state index in [1.54, 1.807) is 0 Å². The maximum atomic E-state index is 4.89. The highest BCUT2D eigenvalue weighted by molar-refractivity contribution is 7.94. The van der Waals surface area contributed by atoms with Crippen LogP contribution in [0.2, 0.25) is 0 Å². The molecule has 1 aromatic heterocycles. The Balaban J connectivity index is 1.76. The molecule has 5 aromatic rings. The predicted octanol–water partition coefficient (Wildman–Crippen LogP) is 5.89. The van der Waals surface area contributed by atoms with Crippen molar-refractivity contribution in [1.29, 1.82) is 0 Å².